The molecule has 0 bridgehead atoms. The normalized spacial score (nSPS) is 10.4. The number of carbonyl (C=O) groups excluding carboxylic acids is 1. The SMILES string of the molecule is CC(C)NC(=O)CN(C)c1ccc(C(=O)O)cc1F. The highest BCUT2D eigenvalue weighted by atomic mass is 19.1. The van der Waals surface area contributed by atoms with Crippen molar-refractivity contribution >= 4 is 17.6 Å². The van der Waals surface area contributed by atoms with Crippen LogP contribution < -0.4 is 10.2 Å². The van der Waals surface area contributed by atoms with Crippen LogP contribution in [0.5, 0.6) is 0 Å². The lowest BCUT2D eigenvalue weighted by atomic mass is 10.2. The first-order chi connectivity index (χ1) is 8.81. The number of aromatic carboxylic acids is 1. The van der Waals surface area contributed by atoms with Gasteiger partial charge in [-0.3, -0.25) is 4.79 Å². The van der Waals surface area contributed by atoms with Crippen LogP contribution in [0, 0.1) is 5.82 Å². The number of halogens is 1. The summed E-state index contributed by atoms with van der Waals surface area (Å²) in [6, 6.07) is 3.60. The van der Waals surface area contributed by atoms with Crippen molar-refractivity contribution in [3.8, 4) is 0 Å². The van der Waals surface area contributed by atoms with E-state index in [1.807, 2.05) is 13.8 Å². The zero-order chi connectivity index (χ0) is 14.6. The third-order valence-corrected chi connectivity index (χ3v) is 2.44. The first kappa shape index (κ1) is 14.9. The van der Waals surface area contributed by atoms with Gasteiger partial charge in [0.15, 0.2) is 0 Å². The molecule has 1 amide bonds. The van der Waals surface area contributed by atoms with E-state index in [-0.39, 0.29) is 29.7 Å². The van der Waals surface area contributed by atoms with Crippen molar-refractivity contribution in [2.45, 2.75) is 19.9 Å². The summed E-state index contributed by atoms with van der Waals surface area (Å²) >= 11 is 0. The highest BCUT2D eigenvalue weighted by Gasteiger charge is 2.14. The second kappa shape index (κ2) is 6.17. The van der Waals surface area contributed by atoms with Gasteiger partial charge in [0.1, 0.15) is 5.82 Å². The number of carboxylic acids is 1. The average Bonchev–Trinajstić information content (AvgIpc) is 2.26. The maximum atomic E-state index is 13.7. The van der Waals surface area contributed by atoms with Crippen molar-refractivity contribution in [1.29, 1.82) is 0 Å². The zero-order valence-corrected chi connectivity index (χ0v) is 11.1. The van der Waals surface area contributed by atoms with Gasteiger partial charge in [-0.2, -0.15) is 0 Å². The second-order valence-electron chi connectivity index (χ2n) is 4.55. The van der Waals surface area contributed by atoms with Gasteiger partial charge in [0.05, 0.1) is 17.8 Å². The summed E-state index contributed by atoms with van der Waals surface area (Å²) in [5.41, 5.74) is 0.0604. The standard InChI is InChI=1S/C13H17FN2O3/c1-8(2)15-12(17)7-16(3)11-5-4-9(13(18)19)6-10(11)14/h4-6,8H,7H2,1-3H3,(H,15,17)(H,18,19). The van der Waals surface area contributed by atoms with E-state index < -0.39 is 11.8 Å². The Hall–Kier alpha value is -2.11. The second-order valence-corrected chi connectivity index (χ2v) is 4.55. The molecule has 0 spiro atoms. The molecule has 0 saturated carbocycles. The summed E-state index contributed by atoms with van der Waals surface area (Å²) in [4.78, 5) is 23.7. The molecule has 0 unspecified atom stereocenters. The molecule has 0 atom stereocenters. The fraction of sp³-hybridized carbons (Fsp3) is 0.385. The number of nitrogens with one attached hydrogen (secondary N) is 1. The van der Waals surface area contributed by atoms with E-state index in [0.29, 0.717) is 0 Å². The molecule has 104 valence electrons. The van der Waals surface area contributed by atoms with E-state index in [4.69, 9.17) is 5.11 Å². The lowest BCUT2D eigenvalue weighted by molar-refractivity contribution is -0.120. The molecule has 1 rings (SSSR count). The summed E-state index contributed by atoms with van der Waals surface area (Å²) in [6.45, 7) is 3.67. The summed E-state index contributed by atoms with van der Waals surface area (Å²) in [6.07, 6.45) is 0. The molecule has 0 saturated heterocycles. The fourth-order valence-electron chi connectivity index (χ4n) is 1.62. The van der Waals surface area contributed by atoms with Gasteiger partial charge in [-0.1, -0.05) is 0 Å². The summed E-state index contributed by atoms with van der Waals surface area (Å²) < 4.78 is 13.7. The lowest BCUT2D eigenvalue weighted by Gasteiger charge is -2.20. The summed E-state index contributed by atoms with van der Waals surface area (Å²) in [5.74, 6) is -2.08. The summed E-state index contributed by atoms with van der Waals surface area (Å²) in [5, 5.41) is 11.4. The smallest absolute Gasteiger partial charge is 0.335 e. The Morgan fingerprint density at radius 3 is 2.53 bits per heavy atom. The highest BCUT2D eigenvalue weighted by molar-refractivity contribution is 5.88. The van der Waals surface area contributed by atoms with Crippen LogP contribution >= 0.6 is 0 Å². The zero-order valence-electron chi connectivity index (χ0n) is 11.1. The number of carbonyl (C=O) groups is 2. The molecular weight excluding hydrogens is 251 g/mol. The van der Waals surface area contributed by atoms with Crippen LogP contribution in [-0.2, 0) is 4.79 Å². The largest absolute Gasteiger partial charge is 0.478 e. The van der Waals surface area contributed by atoms with Gasteiger partial charge < -0.3 is 15.3 Å². The highest BCUT2D eigenvalue weighted by Crippen LogP contribution is 2.19. The van der Waals surface area contributed by atoms with Crippen molar-refractivity contribution in [3.63, 3.8) is 0 Å². The fourth-order valence-corrected chi connectivity index (χ4v) is 1.62. The van der Waals surface area contributed by atoms with E-state index >= 15 is 0 Å². The van der Waals surface area contributed by atoms with Gasteiger partial charge in [-0.25, -0.2) is 9.18 Å². The number of anilines is 1. The molecule has 0 aliphatic rings. The average molecular weight is 268 g/mol. The monoisotopic (exact) mass is 268 g/mol. The molecule has 19 heavy (non-hydrogen) atoms. The Kier molecular flexibility index (Phi) is 4.86. The predicted octanol–water partition coefficient (Wildman–Crippen LogP) is 1.48. The van der Waals surface area contributed by atoms with E-state index in [0.717, 1.165) is 6.07 Å². The molecule has 0 aromatic heterocycles. The van der Waals surface area contributed by atoms with Gasteiger partial charge in [-0.15, -0.1) is 0 Å². The van der Waals surface area contributed by atoms with Crippen LogP contribution in [0.1, 0.15) is 24.2 Å². The van der Waals surface area contributed by atoms with Gasteiger partial charge in [0, 0.05) is 13.1 Å². The van der Waals surface area contributed by atoms with Crippen molar-refractivity contribution in [2.75, 3.05) is 18.5 Å². The van der Waals surface area contributed by atoms with E-state index in [1.165, 1.54) is 17.0 Å². The van der Waals surface area contributed by atoms with Crippen LogP contribution in [0.2, 0.25) is 0 Å². The topological polar surface area (TPSA) is 69.6 Å². The minimum absolute atomic E-state index is 0.00151. The molecule has 0 radical (unpaired) electrons. The molecule has 5 nitrogen and oxygen atoms in total. The van der Waals surface area contributed by atoms with Crippen LogP contribution in [0.25, 0.3) is 0 Å². The maximum Gasteiger partial charge on any atom is 0.335 e. The lowest BCUT2D eigenvalue weighted by Crippen LogP contribution is -2.38. The van der Waals surface area contributed by atoms with E-state index in [9.17, 15) is 14.0 Å². The van der Waals surface area contributed by atoms with Crippen LogP contribution in [0.4, 0.5) is 10.1 Å². The number of benzene rings is 1. The third kappa shape index (κ3) is 4.24. The molecule has 1 aromatic carbocycles. The summed E-state index contributed by atoms with van der Waals surface area (Å²) in [7, 11) is 1.57. The van der Waals surface area contributed by atoms with Crippen LogP contribution in [0.15, 0.2) is 18.2 Å². The quantitative estimate of drug-likeness (QED) is 0.848. The number of hydrogen-bond donors (Lipinski definition) is 2. The Bertz CT molecular complexity index is 489. The first-order valence-electron chi connectivity index (χ1n) is 5.84. The Labute approximate surface area is 111 Å². The predicted molar refractivity (Wildman–Crippen MR) is 69.9 cm³/mol. The molecule has 1 aromatic rings. The number of hydrogen-bond acceptors (Lipinski definition) is 3. The van der Waals surface area contributed by atoms with Crippen LogP contribution in [0.3, 0.4) is 0 Å². The van der Waals surface area contributed by atoms with Crippen molar-refractivity contribution < 1.29 is 19.1 Å². The Morgan fingerprint density at radius 2 is 2.05 bits per heavy atom. The maximum absolute atomic E-state index is 13.7. The number of likely N-dealkylation sites (N-methyl/N-ethyl adjacent to an activating group) is 1. The molecular formula is C13H17FN2O3. The molecule has 0 fully saturated rings. The van der Waals surface area contributed by atoms with Crippen LogP contribution in [-0.4, -0.2) is 36.6 Å². The van der Waals surface area contributed by atoms with E-state index in [2.05, 4.69) is 5.32 Å². The number of amides is 1. The van der Waals surface area contributed by atoms with Gasteiger partial charge in [0.25, 0.3) is 0 Å². The molecule has 0 aliphatic heterocycles. The molecule has 6 heteroatoms. The van der Waals surface area contributed by atoms with Gasteiger partial charge in [-0.05, 0) is 32.0 Å². The number of rotatable bonds is 5. The number of nitrogens with zero attached hydrogens (tertiary/aromatic N) is 1. The first-order valence-corrected chi connectivity index (χ1v) is 5.84. The number of carboxylic acid groups (broad SMARTS) is 1. The minimum atomic E-state index is -1.19. The van der Waals surface area contributed by atoms with Crippen molar-refractivity contribution in [1.82, 2.24) is 5.32 Å². The van der Waals surface area contributed by atoms with Crippen molar-refractivity contribution in [2.24, 2.45) is 0 Å². The van der Waals surface area contributed by atoms with Gasteiger partial charge in [0.2, 0.25) is 5.91 Å². The van der Waals surface area contributed by atoms with Crippen molar-refractivity contribution in [3.05, 3.63) is 29.6 Å². The molecule has 0 heterocycles. The van der Waals surface area contributed by atoms with Gasteiger partial charge >= 0.3 is 5.97 Å². The van der Waals surface area contributed by atoms with E-state index in [1.54, 1.807) is 7.05 Å². The molecule has 2 N–H and O–H groups in total. The Balaban J connectivity index is 2.80. The Morgan fingerprint density at radius 1 is 1.42 bits per heavy atom. The minimum Gasteiger partial charge on any atom is -0.478 e. The third-order valence-electron chi connectivity index (χ3n) is 2.44. The molecule has 0 aliphatic carbocycles.